The van der Waals surface area contributed by atoms with E-state index >= 15 is 0 Å². The van der Waals surface area contributed by atoms with Crippen molar-refractivity contribution in [3.05, 3.63) is 0 Å². The molecule has 0 radical (unpaired) electrons. The van der Waals surface area contributed by atoms with Crippen LogP contribution in [0.2, 0.25) is 18.1 Å². The molecule has 0 aliphatic heterocycles. The van der Waals surface area contributed by atoms with Crippen LogP contribution >= 0.6 is 55.4 Å². The van der Waals surface area contributed by atoms with E-state index in [4.69, 9.17) is 55.4 Å². The van der Waals surface area contributed by atoms with Gasteiger partial charge in [-0.05, 0) is 0 Å². The van der Waals surface area contributed by atoms with Crippen LogP contribution < -0.4 is 0 Å². The zero-order valence-corrected chi connectivity index (χ0v) is 17.4. The largest absolute Gasteiger partial charge is 0.355 e. The van der Waals surface area contributed by atoms with Gasteiger partial charge >= 0.3 is 5.52 Å². The maximum atomic E-state index is 6.70. The molecule has 0 N–H and O–H groups in total. The lowest BCUT2D eigenvalue weighted by atomic mass is 10.6. The van der Waals surface area contributed by atoms with Gasteiger partial charge in [0.25, 0.3) is 5.73 Å². The Morgan fingerprint density at radius 2 is 0.941 bits per heavy atom. The fraction of sp³-hybridized carbons (Fsp3) is 1.00. The highest BCUT2D eigenvalue weighted by atomic mass is 35.9. The Bertz CT molecular complexity index is 212. The molecular weight excluding hydrogens is 370 g/mol. The minimum absolute atomic E-state index is 1.09. The second-order valence-electron chi connectivity index (χ2n) is 4.60. The van der Waals surface area contributed by atoms with E-state index in [1.54, 1.807) is 0 Å². The van der Waals surface area contributed by atoms with E-state index < -0.39 is 18.8 Å². The highest BCUT2D eigenvalue weighted by Gasteiger charge is 2.65. The molecule has 0 aromatic heterocycles. The molecule has 0 aliphatic rings. The van der Waals surface area contributed by atoms with Crippen molar-refractivity contribution < 1.29 is 0 Å². The summed E-state index contributed by atoms with van der Waals surface area (Å²) in [6.45, 7) is 6.52. The predicted molar refractivity (Wildman–Crippen MR) is 91.8 cm³/mol. The Kier molecular flexibility index (Phi) is 8.73. The first-order valence-electron chi connectivity index (χ1n) is 6.13. The van der Waals surface area contributed by atoms with Crippen LogP contribution in [0, 0.1) is 0 Å². The van der Waals surface area contributed by atoms with Gasteiger partial charge in [0.2, 0.25) is 0 Å². The van der Waals surface area contributed by atoms with Crippen LogP contribution in [0.25, 0.3) is 0 Å². The summed E-state index contributed by atoms with van der Waals surface area (Å²) in [7, 11) is -1.82. The molecule has 0 aliphatic carbocycles. The first-order chi connectivity index (χ1) is 7.68. The lowest BCUT2D eigenvalue weighted by molar-refractivity contribution is 0.946. The molecule has 0 heterocycles. The average Bonchev–Trinajstić information content (AvgIpc) is 2.16. The highest BCUT2D eigenvalue weighted by Crippen LogP contribution is 2.49. The first kappa shape index (κ1) is 19.1. The Hall–Kier alpha value is 2.10. The fourth-order valence-electron chi connectivity index (χ4n) is 2.58. The Morgan fingerprint density at radius 1 is 0.647 bits per heavy atom. The van der Waals surface area contributed by atoms with Crippen molar-refractivity contribution in [1.82, 2.24) is 0 Å². The second-order valence-corrected chi connectivity index (χ2v) is 39.7. The quantitative estimate of drug-likeness (QED) is 0.332. The third-order valence-corrected chi connectivity index (χ3v) is 55.6. The van der Waals surface area contributed by atoms with E-state index in [1.165, 1.54) is 0 Å². The van der Waals surface area contributed by atoms with Gasteiger partial charge in [-0.3, -0.25) is 0 Å². The smallest absolute Gasteiger partial charge is 0.149 e. The van der Waals surface area contributed by atoms with Gasteiger partial charge in [0.1, 0.15) is 0 Å². The third-order valence-electron chi connectivity index (χ3n) is 3.21. The number of rotatable bonds is 8. The molecule has 104 valence electrons. The first-order valence-corrected chi connectivity index (χ1v) is 19.8. The average molecular weight is 391 g/mol. The van der Waals surface area contributed by atoms with E-state index in [-0.39, 0.29) is 0 Å². The SMILES string of the molecule is CCC[Si](CCC)(CCC)[Si](Cl)(Cl)[Si](Cl)(Cl)Cl. The van der Waals surface area contributed by atoms with Crippen molar-refractivity contribution >= 4 is 74.2 Å². The van der Waals surface area contributed by atoms with Gasteiger partial charge in [-0.2, -0.15) is 0 Å². The van der Waals surface area contributed by atoms with E-state index in [0.29, 0.717) is 0 Å². The summed E-state index contributed by atoms with van der Waals surface area (Å²) in [6, 6.07) is 3.32. The van der Waals surface area contributed by atoms with E-state index in [0.717, 1.165) is 37.4 Å². The van der Waals surface area contributed by atoms with Crippen LogP contribution in [-0.4, -0.2) is 18.8 Å². The number of hydrogen-bond donors (Lipinski definition) is 0. The van der Waals surface area contributed by atoms with Gasteiger partial charge < -0.3 is 0 Å². The normalized spacial score (nSPS) is 14.1. The summed E-state index contributed by atoms with van der Waals surface area (Å²) >= 11 is 32.1. The molecule has 0 spiro atoms. The van der Waals surface area contributed by atoms with Gasteiger partial charge in [0.15, 0.2) is 0 Å². The Labute approximate surface area is 131 Å². The monoisotopic (exact) mass is 388 g/mol. The van der Waals surface area contributed by atoms with Crippen molar-refractivity contribution in [2.45, 2.75) is 58.2 Å². The summed E-state index contributed by atoms with van der Waals surface area (Å²) in [6.07, 6.45) is 3.28. The standard InChI is InChI=1S/C9H21Cl5Si3/c1-4-7-15(8-5-2,9-6-3)17(13,14)16(10,11)12/h4-9H2,1-3H3. The molecule has 0 aromatic rings. The summed E-state index contributed by atoms with van der Waals surface area (Å²) in [5.41, 5.74) is -5.71. The highest BCUT2D eigenvalue weighted by molar-refractivity contribution is 8.13. The zero-order valence-electron chi connectivity index (χ0n) is 10.6. The van der Waals surface area contributed by atoms with Crippen molar-refractivity contribution in [1.29, 1.82) is 0 Å². The van der Waals surface area contributed by atoms with Crippen LogP contribution in [0.4, 0.5) is 0 Å². The van der Waals surface area contributed by atoms with E-state index in [1.807, 2.05) is 0 Å². The lowest BCUT2D eigenvalue weighted by Gasteiger charge is -2.42. The van der Waals surface area contributed by atoms with E-state index in [9.17, 15) is 0 Å². The maximum absolute atomic E-state index is 6.70. The summed E-state index contributed by atoms with van der Waals surface area (Å²) < 4.78 is 0. The second kappa shape index (κ2) is 7.77. The predicted octanol–water partition coefficient (Wildman–Crippen LogP) is 6.40. The van der Waals surface area contributed by atoms with Crippen LogP contribution in [-0.2, 0) is 0 Å². The summed E-state index contributed by atoms with van der Waals surface area (Å²) in [5, 5.41) is 0. The summed E-state index contributed by atoms with van der Waals surface area (Å²) in [5.74, 6) is 0. The van der Waals surface area contributed by atoms with Gasteiger partial charge in [0, 0.05) is 0 Å². The molecule has 0 saturated heterocycles. The van der Waals surface area contributed by atoms with Crippen molar-refractivity contribution in [2.24, 2.45) is 0 Å². The molecule has 0 rings (SSSR count). The maximum Gasteiger partial charge on any atom is 0.355 e. The third kappa shape index (κ3) is 4.55. The molecule has 8 heteroatoms. The van der Waals surface area contributed by atoms with Crippen molar-refractivity contribution in [3.8, 4) is 0 Å². The molecule has 0 nitrogen and oxygen atoms in total. The molecule has 0 atom stereocenters. The molecule has 0 bridgehead atoms. The molecule has 0 aromatic carbocycles. The molecule has 0 fully saturated rings. The molecule has 17 heavy (non-hydrogen) atoms. The molecule has 0 unspecified atom stereocenters. The lowest BCUT2D eigenvalue weighted by Crippen LogP contribution is -2.65. The van der Waals surface area contributed by atoms with Crippen molar-refractivity contribution in [3.63, 3.8) is 0 Å². The van der Waals surface area contributed by atoms with E-state index in [2.05, 4.69) is 20.8 Å². The zero-order chi connectivity index (χ0) is 13.7. The Morgan fingerprint density at radius 3 is 1.12 bits per heavy atom. The van der Waals surface area contributed by atoms with Crippen LogP contribution in [0.15, 0.2) is 0 Å². The molecule has 0 amide bonds. The molecule has 0 saturated carbocycles. The number of halogens is 5. The molecular formula is C9H21Cl5Si3. The van der Waals surface area contributed by atoms with Gasteiger partial charge in [-0.15, -0.1) is 55.4 Å². The summed E-state index contributed by atoms with van der Waals surface area (Å²) in [4.78, 5) is 0. The van der Waals surface area contributed by atoms with Crippen molar-refractivity contribution in [2.75, 3.05) is 0 Å². The van der Waals surface area contributed by atoms with Gasteiger partial charge in [-0.25, -0.2) is 0 Å². The minimum atomic E-state index is -2.98. The van der Waals surface area contributed by atoms with Crippen LogP contribution in [0.5, 0.6) is 0 Å². The van der Waals surface area contributed by atoms with Crippen LogP contribution in [0.1, 0.15) is 40.0 Å². The number of hydrogen-bond acceptors (Lipinski definition) is 0. The topological polar surface area (TPSA) is 0 Å². The van der Waals surface area contributed by atoms with Crippen LogP contribution in [0.3, 0.4) is 0 Å². The van der Waals surface area contributed by atoms with Gasteiger partial charge in [0.05, 0.1) is 7.59 Å². The Balaban J connectivity index is 5.38. The fourth-order valence-corrected chi connectivity index (χ4v) is 44.8. The van der Waals surface area contributed by atoms with Gasteiger partial charge in [-0.1, -0.05) is 58.2 Å². The minimum Gasteiger partial charge on any atom is -0.149 e.